The first kappa shape index (κ1) is 7.17. The van der Waals surface area contributed by atoms with Gasteiger partial charge in [-0.15, -0.1) is 0 Å². The Morgan fingerprint density at radius 3 is 2.82 bits per heavy atom. The molecule has 1 aliphatic carbocycles. The molecule has 2 nitrogen and oxygen atoms in total. The van der Waals surface area contributed by atoms with E-state index < -0.39 is 6.29 Å². The second-order valence-electron chi connectivity index (χ2n) is 3.53. The van der Waals surface area contributed by atoms with Crippen LogP contribution in [-0.2, 0) is 4.74 Å². The lowest BCUT2D eigenvalue weighted by Crippen LogP contribution is -2.22. The number of aliphatic hydroxyl groups excluding tert-OH is 1. The van der Waals surface area contributed by atoms with Crippen LogP contribution >= 0.6 is 0 Å². The van der Waals surface area contributed by atoms with E-state index in [0.29, 0.717) is 11.8 Å². The van der Waals surface area contributed by atoms with E-state index in [0.717, 1.165) is 18.6 Å². The molecule has 1 N–H and O–H groups in total. The minimum atomic E-state index is -0.562. The molecule has 0 aromatic carbocycles. The first-order valence-electron chi connectivity index (χ1n) is 4.32. The topological polar surface area (TPSA) is 29.5 Å². The molecule has 1 aliphatic heterocycles. The highest BCUT2D eigenvalue weighted by atomic mass is 16.6. The predicted molar refractivity (Wildman–Crippen MR) is 41.7 cm³/mol. The van der Waals surface area contributed by atoms with Gasteiger partial charge in [0.15, 0.2) is 6.29 Å². The zero-order valence-electron chi connectivity index (χ0n) is 6.62. The molecule has 0 amide bonds. The molecule has 0 aromatic rings. The highest BCUT2D eigenvalue weighted by Gasteiger charge is 2.40. The maximum atomic E-state index is 9.41. The highest BCUT2D eigenvalue weighted by Crippen LogP contribution is 2.42. The van der Waals surface area contributed by atoms with Crippen molar-refractivity contribution in [2.75, 3.05) is 0 Å². The van der Waals surface area contributed by atoms with Crippen LogP contribution in [0.25, 0.3) is 0 Å². The molecule has 2 aliphatic rings. The van der Waals surface area contributed by atoms with E-state index in [-0.39, 0.29) is 0 Å². The van der Waals surface area contributed by atoms with Crippen molar-refractivity contribution in [1.82, 2.24) is 0 Å². The van der Waals surface area contributed by atoms with Crippen LogP contribution in [0.1, 0.15) is 25.7 Å². The summed E-state index contributed by atoms with van der Waals surface area (Å²) < 4.78 is 5.17. The van der Waals surface area contributed by atoms with E-state index in [4.69, 9.17) is 4.74 Å². The van der Waals surface area contributed by atoms with Gasteiger partial charge in [-0.05, 0) is 12.8 Å². The normalized spacial score (nSPS) is 43.4. The van der Waals surface area contributed by atoms with Crippen LogP contribution < -0.4 is 0 Å². The van der Waals surface area contributed by atoms with Crippen molar-refractivity contribution in [2.45, 2.75) is 32.0 Å². The number of ether oxygens (including phenoxy) is 1. The van der Waals surface area contributed by atoms with Gasteiger partial charge in [0.05, 0.1) is 5.76 Å². The number of allylic oxidation sites excluding steroid dienone is 1. The minimum Gasteiger partial charge on any atom is -0.469 e. The zero-order chi connectivity index (χ0) is 7.84. The van der Waals surface area contributed by atoms with Gasteiger partial charge in [0.1, 0.15) is 0 Å². The summed E-state index contributed by atoms with van der Waals surface area (Å²) in [6, 6.07) is 0. The molecule has 0 aromatic heterocycles. The molecule has 1 saturated carbocycles. The molecule has 1 heterocycles. The summed E-state index contributed by atoms with van der Waals surface area (Å²) in [5.74, 6) is 1.59. The summed E-state index contributed by atoms with van der Waals surface area (Å²) in [7, 11) is 0. The molecule has 3 unspecified atom stereocenters. The van der Waals surface area contributed by atoms with Crippen molar-refractivity contribution in [3.8, 4) is 0 Å². The third-order valence-electron chi connectivity index (χ3n) is 2.87. The van der Waals surface area contributed by atoms with Gasteiger partial charge in [-0.1, -0.05) is 19.4 Å². The van der Waals surface area contributed by atoms with Crippen molar-refractivity contribution in [3.05, 3.63) is 12.3 Å². The Balaban J connectivity index is 2.13. The number of hydrogen-bond donors (Lipinski definition) is 1. The molecule has 0 bridgehead atoms. The summed E-state index contributed by atoms with van der Waals surface area (Å²) >= 11 is 0. The Morgan fingerprint density at radius 1 is 1.36 bits per heavy atom. The van der Waals surface area contributed by atoms with Crippen LogP contribution in [0.15, 0.2) is 12.3 Å². The summed E-state index contributed by atoms with van der Waals surface area (Å²) in [6.07, 6.45) is 4.18. The van der Waals surface area contributed by atoms with E-state index >= 15 is 0 Å². The molecule has 0 radical (unpaired) electrons. The van der Waals surface area contributed by atoms with E-state index in [2.05, 4.69) is 6.58 Å². The number of fused-ring (bicyclic) bond motifs is 1. The molecule has 2 heteroatoms. The molecule has 2 rings (SSSR count). The third kappa shape index (κ3) is 1.06. The number of aliphatic hydroxyl groups is 1. The fourth-order valence-electron chi connectivity index (χ4n) is 2.23. The smallest absolute Gasteiger partial charge is 0.200 e. The van der Waals surface area contributed by atoms with Crippen LogP contribution in [0.3, 0.4) is 0 Å². The van der Waals surface area contributed by atoms with Gasteiger partial charge >= 0.3 is 0 Å². The first-order chi connectivity index (χ1) is 5.29. The van der Waals surface area contributed by atoms with Crippen molar-refractivity contribution in [1.29, 1.82) is 0 Å². The summed E-state index contributed by atoms with van der Waals surface area (Å²) in [5.41, 5.74) is 0. The monoisotopic (exact) mass is 154 g/mol. The maximum Gasteiger partial charge on any atom is 0.200 e. The van der Waals surface area contributed by atoms with Crippen molar-refractivity contribution < 1.29 is 9.84 Å². The van der Waals surface area contributed by atoms with Gasteiger partial charge in [-0.2, -0.15) is 0 Å². The second-order valence-corrected chi connectivity index (χ2v) is 3.53. The molecular formula is C9H14O2. The SMILES string of the molecule is C=C1OC(O)C2CCCCC12. The van der Waals surface area contributed by atoms with Gasteiger partial charge in [-0.25, -0.2) is 0 Å². The second kappa shape index (κ2) is 2.52. The third-order valence-corrected chi connectivity index (χ3v) is 2.87. The van der Waals surface area contributed by atoms with Crippen molar-refractivity contribution >= 4 is 0 Å². The van der Waals surface area contributed by atoms with E-state index in [1.807, 2.05) is 0 Å². The molecule has 3 atom stereocenters. The fraction of sp³-hybridized carbons (Fsp3) is 0.778. The van der Waals surface area contributed by atoms with Gasteiger partial charge in [0, 0.05) is 11.8 Å². The largest absolute Gasteiger partial charge is 0.469 e. The van der Waals surface area contributed by atoms with E-state index in [9.17, 15) is 5.11 Å². The quantitative estimate of drug-likeness (QED) is 0.575. The average Bonchev–Trinajstić information content (AvgIpc) is 2.30. The van der Waals surface area contributed by atoms with Gasteiger partial charge in [0.2, 0.25) is 0 Å². The molecular weight excluding hydrogens is 140 g/mol. The molecule has 1 saturated heterocycles. The van der Waals surface area contributed by atoms with Gasteiger partial charge in [0.25, 0.3) is 0 Å². The Kier molecular flexibility index (Phi) is 1.64. The van der Waals surface area contributed by atoms with Gasteiger partial charge < -0.3 is 9.84 Å². The molecule has 0 spiro atoms. The lowest BCUT2D eigenvalue weighted by Gasteiger charge is -2.23. The average molecular weight is 154 g/mol. The van der Waals surface area contributed by atoms with E-state index in [1.165, 1.54) is 12.8 Å². The lowest BCUT2D eigenvalue weighted by atomic mass is 9.80. The first-order valence-corrected chi connectivity index (χ1v) is 4.32. The summed E-state index contributed by atoms with van der Waals surface area (Å²) in [6.45, 7) is 3.81. The van der Waals surface area contributed by atoms with Gasteiger partial charge in [-0.3, -0.25) is 0 Å². The van der Waals surface area contributed by atoms with Crippen LogP contribution in [-0.4, -0.2) is 11.4 Å². The predicted octanol–water partition coefficient (Wildman–Crippen LogP) is 1.66. The lowest BCUT2D eigenvalue weighted by molar-refractivity contribution is -0.0680. The Morgan fingerprint density at radius 2 is 2.09 bits per heavy atom. The van der Waals surface area contributed by atoms with Crippen LogP contribution in [0, 0.1) is 11.8 Å². The Bertz CT molecular complexity index is 176. The van der Waals surface area contributed by atoms with Crippen LogP contribution in [0.2, 0.25) is 0 Å². The molecule has 2 fully saturated rings. The Labute approximate surface area is 66.9 Å². The van der Waals surface area contributed by atoms with Crippen LogP contribution in [0.5, 0.6) is 0 Å². The minimum absolute atomic E-state index is 0.344. The zero-order valence-corrected chi connectivity index (χ0v) is 6.62. The fourth-order valence-corrected chi connectivity index (χ4v) is 2.23. The Hall–Kier alpha value is -0.500. The van der Waals surface area contributed by atoms with Crippen molar-refractivity contribution in [3.63, 3.8) is 0 Å². The maximum absolute atomic E-state index is 9.41. The molecule has 62 valence electrons. The molecule has 11 heavy (non-hydrogen) atoms. The van der Waals surface area contributed by atoms with E-state index in [1.54, 1.807) is 0 Å². The number of rotatable bonds is 0. The van der Waals surface area contributed by atoms with Crippen LogP contribution in [0.4, 0.5) is 0 Å². The van der Waals surface area contributed by atoms with Crippen molar-refractivity contribution in [2.24, 2.45) is 11.8 Å². The standard InChI is InChI=1S/C9H14O2/c1-6-7-4-2-3-5-8(7)9(10)11-6/h7-10H,1-5H2. The summed E-state index contributed by atoms with van der Waals surface area (Å²) in [5, 5.41) is 9.41. The highest BCUT2D eigenvalue weighted by molar-refractivity contribution is 5.02. The summed E-state index contributed by atoms with van der Waals surface area (Å²) in [4.78, 5) is 0. The number of hydrogen-bond acceptors (Lipinski definition) is 2.